The van der Waals surface area contributed by atoms with E-state index in [-0.39, 0.29) is 0 Å². The molecule has 0 spiro atoms. The molecule has 1 rings (SSSR count). The molecule has 0 saturated carbocycles. The van der Waals surface area contributed by atoms with E-state index < -0.39 is 0 Å². The van der Waals surface area contributed by atoms with Crippen LogP contribution in [0.5, 0.6) is 0 Å². The highest BCUT2D eigenvalue weighted by Crippen LogP contribution is 2.29. The van der Waals surface area contributed by atoms with E-state index in [0.29, 0.717) is 0 Å². The molecule has 0 aliphatic rings. The Morgan fingerprint density at radius 3 is 1.89 bits per heavy atom. The molecule has 0 saturated heterocycles. The van der Waals surface area contributed by atoms with Gasteiger partial charge in [-0.15, -0.1) is 0 Å². The van der Waals surface area contributed by atoms with E-state index in [1.807, 2.05) is 0 Å². The maximum atomic E-state index is 3.53. The number of rotatable bonds is 10. The maximum Gasteiger partial charge on any atom is 0.0175 e. The summed E-state index contributed by atoms with van der Waals surface area (Å²) in [4.78, 5) is 0. The van der Waals surface area contributed by atoms with Gasteiger partial charge in [0, 0.05) is 4.47 Å². The Balaban J connectivity index is 2.49. The molecule has 0 aliphatic heterocycles. The zero-order valence-corrected chi connectivity index (χ0v) is 14.2. The Labute approximate surface area is 128 Å². The van der Waals surface area contributed by atoms with Crippen LogP contribution in [-0.2, 0) is 0 Å². The van der Waals surface area contributed by atoms with Crippen LogP contribution in [0.3, 0.4) is 0 Å². The van der Waals surface area contributed by atoms with Gasteiger partial charge in [0.25, 0.3) is 0 Å². The Hall–Kier alpha value is -0.300. The van der Waals surface area contributed by atoms with Crippen LogP contribution in [0.4, 0.5) is 0 Å². The first-order chi connectivity index (χ1) is 9.27. The van der Waals surface area contributed by atoms with E-state index in [4.69, 9.17) is 0 Å². The van der Waals surface area contributed by atoms with E-state index in [9.17, 15) is 0 Å². The first kappa shape index (κ1) is 16.8. The molecule has 108 valence electrons. The molecule has 0 nitrogen and oxygen atoms in total. The lowest BCUT2D eigenvalue weighted by Gasteiger charge is -2.17. The van der Waals surface area contributed by atoms with Crippen LogP contribution < -0.4 is 0 Å². The van der Waals surface area contributed by atoms with Crippen molar-refractivity contribution >= 4 is 15.9 Å². The van der Waals surface area contributed by atoms with Crippen LogP contribution in [-0.4, -0.2) is 0 Å². The first-order valence-electron chi connectivity index (χ1n) is 8.03. The molecule has 1 aromatic rings. The molecule has 1 aromatic carbocycles. The standard InChI is InChI=1S/C18H29Br/c1-3-5-7-9-11-16(10-8-6-4-2)17-12-14-18(19)15-13-17/h12-16H,3-11H2,1-2H3. The minimum Gasteiger partial charge on any atom is -0.0654 e. The highest BCUT2D eigenvalue weighted by Gasteiger charge is 2.10. The average Bonchev–Trinajstić information content (AvgIpc) is 2.43. The molecular formula is C18H29Br. The van der Waals surface area contributed by atoms with Crippen LogP contribution in [0.2, 0.25) is 0 Å². The fourth-order valence-corrected chi connectivity index (χ4v) is 2.94. The summed E-state index contributed by atoms with van der Waals surface area (Å²) in [7, 11) is 0. The van der Waals surface area contributed by atoms with Gasteiger partial charge >= 0.3 is 0 Å². The fourth-order valence-electron chi connectivity index (χ4n) is 2.67. The summed E-state index contributed by atoms with van der Waals surface area (Å²) in [6, 6.07) is 8.99. The van der Waals surface area contributed by atoms with E-state index in [0.717, 1.165) is 5.92 Å². The second-order valence-corrected chi connectivity index (χ2v) is 6.51. The Morgan fingerprint density at radius 1 is 0.789 bits per heavy atom. The van der Waals surface area contributed by atoms with Gasteiger partial charge in [-0.05, 0) is 36.5 Å². The van der Waals surface area contributed by atoms with Gasteiger partial charge in [0.2, 0.25) is 0 Å². The summed E-state index contributed by atoms with van der Waals surface area (Å²) in [5.74, 6) is 0.775. The van der Waals surface area contributed by atoms with Crippen LogP contribution in [0, 0.1) is 0 Å². The van der Waals surface area contributed by atoms with Crippen molar-refractivity contribution in [1.29, 1.82) is 0 Å². The number of hydrogen-bond donors (Lipinski definition) is 0. The van der Waals surface area contributed by atoms with E-state index in [1.165, 1.54) is 67.8 Å². The van der Waals surface area contributed by atoms with E-state index in [2.05, 4.69) is 54.0 Å². The highest BCUT2D eigenvalue weighted by atomic mass is 79.9. The maximum absolute atomic E-state index is 3.53. The van der Waals surface area contributed by atoms with Crippen molar-refractivity contribution < 1.29 is 0 Å². The SMILES string of the molecule is CCCCCCC(CCCCC)c1ccc(Br)cc1. The normalized spacial score (nSPS) is 12.6. The second kappa shape index (κ2) is 10.5. The average molecular weight is 325 g/mol. The van der Waals surface area contributed by atoms with Crippen molar-refractivity contribution in [2.45, 2.75) is 77.6 Å². The fraction of sp³-hybridized carbons (Fsp3) is 0.667. The van der Waals surface area contributed by atoms with Gasteiger partial charge < -0.3 is 0 Å². The minimum absolute atomic E-state index is 0.775. The van der Waals surface area contributed by atoms with Crippen LogP contribution >= 0.6 is 15.9 Å². The number of benzene rings is 1. The van der Waals surface area contributed by atoms with Gasteiger partial charge in [-0.1, -0.05) is 86.9 Å². The summed E-state index contributed by atoms with van der Waals surface area (Å²) < 4.78 is 1.19. The first-order valence-corrected chi connectivity index (χ1v) is 8.82. The molecule has 0 aromatic heterocycles. The van der Waals surface area contributed by atoms with Crippen LogP contribution in [0.15, 0.2) is 28.7 Å². The summed E-state index contributed by atoms with van der Waals surface area (Å²) in [5, 5.41) is 0. The van der Waals surface area contributed by atoms with Gasteiger partial charge in [-0.2, -0.15) is 0 Å². The molecule has 19 heavy (non-hydrogen) atoms. The molecule has 0 amide bonds. The third-order valence-electron chi connectivity index (χ3n) is 3.90. The molecule has 0 fully saturated rings. The van der Waals surface area contributed by atoms with Crippen molar-refractivity contribution in [3.63, 3.8) is 0 Å². The monoisotopic (exact) mass is 324 g/mol. The number of unbranched alkanes of at least 4 members (excludes halogenated alkanes) is 5. The Kier molecular flexibility index (Phi) is 9.24. The topological polar surface area (TPSA) is 0 Å². The molecule has 0 aliphatic carbocycles. The third kappa shape index (κ3) is 7.15. The largest absolute Gasteiger partial charge is 0.0654 e. The third-order valence-corrected chi connectivity index (χ3v) is 4.43. The summed E-state index contributed by atoms with van der Waals surface area (Å²) in [6.07, 6.45) is 12.3. The molecule has 0 bridgehead atoms. The zero-order valence-electron chi connectivity index (χ0n) is 12.6. The Morgan fingerprint density at radius 2 is 1.32 bits per heavy atom. The molecule has 1 unspecified atom stereocenters. The Bertz CT molecular complexity index is 315. The van der Waals surface area contributed by atoms with Crippen molar-refractivity contribution in [3.8, 4) is 0 Å². The predicted octanol–water partition coefficient (Wildman–Crippen LogP) is 7.08. The smallest absolute Gasteiger partial charge is 0.0175 e. The van der Waals surface area contributed by atoms with Crippen molar-refractivity contribution in [3.05, 3.63) is 34.3 Å². The molecule has 1 heteroatoms. The molecule has 1 atom stereocenters. The van der Waals surface area contributed by atoms with Crippen molar-refractivity contribution in [2.24, 2.45) is 0 Å². The molecule has 0 radical (unpaired) electrons. The number of hydrogen-bond acceptors (Lipinski definition) is 0. The molecule has 0 heterocycles. The quantitative estimate of drug-likeness (QED) is 0.403. The summed E-state index contributed by atoms with van der Waals surface area (Å²) in [6.45, 7) is 4.57. The lowest BCUT2D eigenvalue weighted by Crippen LogP contribution is -1.99. The molecule has 0 N–H and O–H groups in total. The van der Waals surface area contributed by atoms with Gasteiger partial charge in [-0.25, -0.2) is 0 Å². The zero-order chi connectivity index (χ0) is 13.9. The summed E-state index contributed by atoms with van der Waals surface area (Å²) in [5.41, 5.74) is 1.54. The van der Waals surface area contributed by atoms with Crippen molar-refractivity contribution in [1.82, 2.24) is 0 Å². The van der Waals surface area contributed by atoms with E-state index >= 15 is 0 Å². The van der Waals surface area contributed by atoms with Crippen molar-refractivity contribution in [2.75, 3.05) is 0 Å². The lowest BCUT2D eigenvalue weighted by atomic mass is 9.88. The predicted molar refractivity (Wildman–Crippen MR) is 89.8 cm³/mol. The second-order valence-electron chi connectivity index (χ2n) is 5.59. The minimum atomic E-state index is 0.775. The van der Waals surface area contributed by atoms with Gasteiger partial charge in [-0.3, -0.25) is 0 Å². The number of halogens is 1. The summed E-state index contributed by atoms with van der Waals surface area (Å²) >= 11 is 3.53. The highest BCUT2D eigenvalue weighted by molar-refractivity contribution is 9.10. The molecular weight excluding hydrogens is 296 g/mol. The lowest BCUT2D eigenvalue weighted by molar-refractivity contribution is 0.501. The van der Waals surface area contributed by atoms with Gasteiger partial charge in [0.15, 0.2) is 0 Å². The van der Waals surface area contributed by atoms with Gasteiger partial charge in [0.05, 0.1) is 0 Å². The van der Waals surface area contributed by atoms with Crippen LogP contribution in [0.1, 0.15) is 83.1 Å². The van der Waals surface area contributed by atoms with Crippen LogP contribution in [0.25, 0.3) is 0 Å². The van der Waals surface area contributed by atoms with Gasteiger partial charge in [0.1, 0.15) is 0 Å². The van der Waals surface area contributed by atoms with E-state index in [1.54, 1.807) is 0 Å².